The predicted octanol–water partition coefficient (Wildman–Crippen LogP) is 2.40. The molecule has 1 aliphatic rings. The van der Waals surface area contributed by atoms with Gasteiger partial charge in [-0.15, -0.1) is 0 Å². The Kier molecular flexibility index (Phi) is 4.97. The maximum absolute atomic E-state index is 9.41. The number of anilines is 1. The highest BCUT2D eigenvalue weighted by Gasteiger charge is 2.20. The number of nitriles is 1. The fraction of sp³-hybridized carbons (Fsp3) is 0.625. The summed E-state index contributed by atoms with van der Waals surface area (Å²) in [5.41, 5.74) is 2.73. The van der Waals surface area contributed by atoms with Crippen LogP contribution in [0.4, 0.5) is 5.82 Å². The molecule has 1 aromatic rings. The zero-order chi connectivity index (χ0) is 14.5. The molecule has 1 fully saturated rings. The van der Waals surface area contributed by atoms with Crippen molar-refractivity contribution >= 4 is 5.82 Å². The Morgan fingerprint density at radius 1 is 1.50 bits per heavy atom. The first-order chi connectivity index (χ1) is 9.65. The van der Waals surface area contributed by atoms with Crippen LogP contribution in [-0.4, -0.2) is 31.2 Å². The fourth-order valence-electron chi connectivity index (χ4n) is 2.94. The molecule has 4 heteroatoms. The Hall–Kier alpha value is -1.60. The number of hydrogen-bond acceptors (Lipinski definition) is 4. The monoisotopic (exact) mass is 272 g/mol. The zero-order valence-corrected chi connectivity index (χ0v) is 12.7. The molecule has 1 N–H and O–H groups in total. The maximum Gasteiger partial charge on any atom is 0.147 e. The molecule has 108 valence electrons. The Labute approximate surface area is 121 Å². The molecule has 2 heterocycles. The molecule has 2 rings (SSSR count). The van der Waals surface area contributed by atoms with Gasteiger partial charge in [-0.2, -0.15) is 5.26 Å². The summed E-state index contributed by atoms with van der Waals surface area (Å²) in [6, 6.07) is 4.31. The molecule has 1 aliphatic heterocycles. The summed E-state index contributed by atoms with van der Waals surface area (Å²) in [5.74, 6) is 1.51. The average Bonchev–Trinajstić information content (AvgIpc) is 2.45. The lowest BCUT2D eigenvalue weighted by atomic mass is 9.98. The van der Waals surface area contributed by atoms with Gasteiger partial charge in [0.2, 0.25) is 0 Å². The van der Waals surface area contributed by atoms with E-state index < -0.39 is 0 Å². The second-order valence-corrected chi connectivity index (χ2v) is 5.64. The van der Waals surface area contributed by atoms with E-state index in [9.17, 15) is 5.26 Å². The number of aromatic nitrogens is 1. The van der Waals surface area contributed by atoms with E-state index in [1.165, 1.54) is 12.8 Å². The van der Waals surface area contributed by atoms with E-state index in [4.69, 9.17) is 0 Å². The van der Waals surface area contributed by atoms with Crippen molar-refractivity contribution in [2.75, 3.05) is 31.1 Å². The average molecular weight is 272 g/mol. The van der Waals surface area contributed by atoms with Crippen molar-refractivity contribution in [1.29, 1.82) is 5.26 Å². The quantitative estimate of drug-likeness (QED) is 0.914. The van der Waals surface area contributed by atoms with Gasteiger partial charge in [-0.1, -0.05) is 0 Å². The lowest BCUT2D eigenvalue weighted by molar-refractivity contribution is 0.377. The number of rotatable bonds is 4. The first-order valence-electron chi connectivity index (χ1n) is 7.49. The van der Waals surface area contributed by atoms with Crippen LogP contribution in [0.5, 0.6) is 0 Å². The van der Waals surface area contributed by atoms with Gasteiger partial charge in [0.05, 0.1) is 5.56 Å². The van der Waals surface area contributed by atoms with Crippen molar-refractivity contribution in [3.63, 3.8) is 0 Å². The van der Waals surface area contributed by atoms with Gasteiger partial charge >= 0.3 is 0 Å². The van der Waals surface area contributed by atoms with Gasteiger partial charge in [-0.25, -0.2) is 4.98 Å². The molecule has 0 amide bonds. The Bertz CT molecular complexity index is 498. The second kappa shape index (κ2) is 6.71. The third-order valence-corrected chi connectivity index (χ3v) is 4.00. The van der Waals surface area contributed by atoms with Gasteiger partial charge in [0.1, 0.15) is 11.9 Å². The minimum Gasteiger partial charge on any atom is -0.355 e. The van der Waals surface area contributed by atoms with Crippen LogP contribution < -0.4 is 10.2 Å². The first kappa shape index (κ1) is 14.8. The summed E-state index contributed by atoms with van der Waals surface area (Å²) in [5, 5.41) is 12.9. The molecule has 1 saturated heterocycles. The highest BCUT2D eigenvalue weighted by atomic mass is 15.2. The van der Waals surface area contributed by atoms with Crippen molar-refractivity contribution < 1.29 is 0 Å². The lowest BCUT2D eigenvalue weighted by Crippen LogP contribution is -2.39. The van der Waals surface area contributed by atoms with E-state index in [0.717, 1.165) is 48.8 Å². The Morgan fingerprint density at radius 3 is 2.90 bits per heavy atom. The maximum atomic E-state index is 9.41. The largest absolute Gasteiger partial charge is 0.355 e. The van der Waals surface area contributed by atoms with Crippen LogP contribution in [0.3, 0.4) is 0 Å². The van der Waals surface area contributed by atoms with Gasteiger partial charge in [-0.3, -0.25) is 0 Å². The molecule has 4 nitrogen and oxygen atoms in total. The Morgan fingerprint density at radius 2 is 2.30 bits per heavy atom. The van der Waals surface area contributed by atoms with Crippen molar-refractivity contribution in [1.82, 2.24) is 10.3 Å². The third-order valence-electron chi connectivity index (χ3n) is 4.00. The van der Waals surface area contributed by atoms with Crippen molar-refractivity contribution in [3.8, 4) is 6.07 Å². The number of nitrogens with one attached hydrogen (secondary N) is 1. The summed E-state index contributed by atoms with van der Waals surface area (Å²) in [4.78, 5) is 6.88. The van der Waals surface area contributed by atoms with Gasteiger partial charge in [0, 0.05) is 18.8 Å². The lowest BCUT2D eigenvalue weighted by Gasteiger charge is -2.31. The molecule has 20 heavy (non-hydrogen) atoms. The Balaban J connectivity index is 2.24. The number of aryl methyl sites for hydroxylation is 2. The van der Waals surface area contributed by atoms with E-state index in [1.807, 2.05) is 19.9 Å². The molecule has 0 aliphatic carbocycles. The summed E-state index contributed by atoms with van der Waals surface area (Å²) in [6.45, 7) is 10.2. The highest BCUT2D eigenvalue weighted by molar-refractivity contribution is 5.58. The molecule has 0 spiro atoms. The standard InChI is InChI=1S/C16H24N4/c1-4-20(11-14-6-5-7-18-10-14)16-15(9-17)12(2)8-13(3)19-16/h8,14,18H,4-7,10-11H2,1-3H3. The van der Waals surface area contributed by atoms with Crippen LogP contribution in [-0.2, 0) is 0 Å². The molecule has 0 radical (unpaired) electrons. The van der Waals surface area contributed by atoms with Gasteiger partial charge in [0.25, 0.3) is 0 Å². The van der Waals surface area contributed by atoms with Crippen LogP contribution in [0.15, 0.2) is 6.07 Å². The van der Waals surface area contributed by atoms with Crippen LogP contribution >= 0.6 is 0 Å². The van der Waals surface area contributed by atoms with E-state index in [1.54, 1.807) is 0 Å². The topological polar surface area (TPSA) is 52.0 Å². The van der Waals surface area contributed by atoms with Crippen LogP contribution in [0.25, 0.3) is 0 Å². The van der Waals surface area contributed by atoms with Gasteiger partial charge in [0.15, 0.2) is 0 Å². The van der Waals surface area contributed by atoms with Crippen molar-refractivity contribution in [3.05, 3.63) is 22.9 Å². The summed E-state index contributed by atoms with van der Waals surface area (Å²) in [7, 11) is 0. The minimum absolute atomic E-state index is 0.651. The third kappa shape index (κ3) is 3.29. The molecule has 0 saturated carbocycles. The molecule has 1 unspecified atom stereocenters. The number of piperidine rings is 1. The normalized spacial score (nSPS) is 18.6. The van der Waals surface area contributed by atoms with Crippen LogP contribution in [0.1, 0.15) is 36.6 Å². The van der Waals surface area contributed by atoms with E-state index in [2.05, 4.69) is 28.2 Å². The van der Waals surface area contributed by atoms with Crippen molar-refractivity contribution in [2.45, 2.75) is 33.6 Å². The van der Waals surface area contributed by atoms with Crippen LogP contribution in [0, 0.1) is 31.1 Å². The molecule has 1 aromatic heterocycles. The van der Waals surface area contributed by atoms with Crippen LogP contribution in [0.2, 0.25) is 0 Å². The highest BCUT2D eigenvalue weighted by Crippen LogP contribution is 2.23. The van der Waals surface area contributed by atoms with E-state index >= 15 is 0 Å². The number of nitrogens with zero attached hydrogens (tertiary/aromatic N) is 3. The molecule has 0 aromatic carbocycles. The number of hydrogen-bond donors (Lipinski definition) is 1. The van der Waals surface area contributed by atoms with Crippen molar-refractivity contribution in [2.24, 2.45) is 5.92 Å². The first-order valence-corrected chi connectivity index (χ1v) is 7.49. The summed E-state index contributed by atoms with van der Waals surface area (Å²) in [6.07, 6.45) is 2.50. The van der Waals surface area contributed by atoms with E-state index in [-0.39, 0.29) is 0 Å². The molecular weight excluding hydrogens is 248 g/mol. The smallest absolute Gasteiger partial charge is 0.147 e. The SMILES string of the molecule is CCN(CC1CCCNC1)c1nc(C)cc(C)c1C#N. The zero-order valence-electron chi connectivity index (χ0n) is 12.7. The summed E-state index contributed by atoms with van der Waals surface area (Å²) < 4.78 is 0. The minimum atomic E-state index is 0.651. The molecule has 0 bridgehead atoms. The fourth-order valence-corrected chi connectivity index (χ4v) is 2.94. The van der Waals surface area contributed by atoms with Gasteiger partial charge < -0.3 is 10.2 Å². The number of pyridine rings is 1. The molecular formula is C16H24N4. The van der Waals surface area contributed by atoms with E-state index in [0.29, 0.717) is 5.92 Å². The predicted molar refractivity (Wildman–Crippen MR) is 81.9 cm³/mol. The second-order valence-electron chi connectivity index (χ2n) is 5.64. The summed E-state index contributed by atoms with van der Waals surface area (Å²) >= 11 is 0. The molecule has 1 atom stereocenters. The van der Waals surface area contributed by atoms with Gasteiger partial charge in [-0.05, 0) is 64.3 Å².